The molecule has 13 heavy (non-hydrogen) atoms. The molecule has 0 unspecified atom stereocenters. The van der Waals surface area contributed by atoms with E-state index in [4.69, 9.17) is 4.43 Å². The van der Waals surface area contributed by atoms with E-state index >= 15 is 0 Å². The summed E-state index contributed by atoms with van der Waals surface area (Å²) in [5, 5.41) is 0. The van der Waals surface area contributed by atoms with Crippen LogP contribution in [-0.4, -0.2) is 40.0 Å². The van der Waals surface area contributed by atoms with Crippen LogP contribution in [-0.2, 0) is 4.43 Å². The Hall–Kier alpha value is 0.137. The van der Waals surface area contributed by atoms with Crippen molar-refractivity contribution in [2.45, 2.75) is 39.4 Å². The van der Waals surface area contributed by atoms with Crippen LogP contribution in [0, 0.1) is 0 Å². The molecule has 2 nitrogen and oxygen atoms in total. The average molecular weight is 203 g/mol. The maximum Gasteiger partial charge on any atom is 0.186 e. The summed E-state index contributed by atoms with van der Waals surface area (Å²) in [4.78, 5) is 2.36. The molecule has 0 heterocycles. The van der Waals surface area contributed by atoms with Crippen LogP contribution in [0.25, 0.3) is 0 Å². The number of rotatable bonds is 7. The Morgan fingerprint density at radius 2 is 1.85 bits per heavy atom. The Labute approximate surface area is 84.4 Å². The summed E-state index contributed by atoms with van der Waals surface area (Å²) in [5.74, 6) is 0. The summed E-state index contributed by atoms with van der Waals surface area (Å²) in [6, 6.07) is 1.28. The Bertz CT molecular complexity index is 128. The predicted molar refractivity (Wildman–Crippen MR) is 61.7 cm³/mol. The van der Waals surface area contributed by atoms with Gasteiger partial charge in [0.1, 0.15) is 0 Å². The number of hydrogen-bond acceptors (Lipinski definition) is 2. The van der Waals surface area contributed by atoms with Crippen LogP contribution in [0.3, 0.4) is 0 Å². The van der Waals surface area contributed by atoms with Crippen molar-refractivity contribution in [2.75, 3.05) is 26.7 Å². The minimum atomic E-state index is -1.31. The van der Waals surface area contributed by atoms with Crippen molar-refractivity contribution in [1.29, 1.82) is 0 Å². The lowest BCUT2D eigenvalue weighted by Gasteiger charge is -2.23. The van der Waals surface area contributed by atoms with E-state index in [1.807, 2.05) is 0 Å². The first kappa shape index (κ1) is 13.1. The van der Waals surface area contributed by atoms with Gasteiger partial charge in [0.15, 0.2) is 8.32 Å². The van der Waals surface area contributed by atoms with E-state index in [1.165, 1.54) is 19.0 Å². The second-order valence-corrected chi connectivity index (χ2v) is 8.50. The molecule has 0 amide bonds. The fourth-order valence-corrected chi connectivity index (χ4v) is 3.33. The highest BCUT2D eigenvalue weighted by Crippen LogP contribution is 2.13. The largest absolute Gasteiger partial charge is 0.418 e. The van der Waals surface area contributed by atoms with Crippen molar-refractivity contribution in [3.05, 3.63) is 0 Å². The zero-order valence-electron chi connectivity index (χ0n) is 9.89. The molecule has 0 saturated heterocycles. The molecule has 0 aromatic rings. The maximum absolute atomic E-state index is 5.77. The summed E-state index contributed by atoms with van der Waals surface area (Å²) in [6.07, 6.45) is 1.28. The van der Waals surface area contributed by atoms with Crippen molar-refractivity contribution < 1.29 is 4.43 Å². The van der Waals surface area contributed by atoms with Gasteiger partial charge < -0.3 is 9.33 Å². The van der Waals surface area contributed by atoms with Gasteiger partial charge in [-0.1, -0.05) is 6.92 Å². The molecule has 0 aromatic heterocycles. The van der Waals surface area contributed by atoms with Crippen LogP contribution in [0.2, 0.25) is 19.1 Å². The third-order valence-corrected chi connectivity index (χ3v) is 5.02. The van der Waals surface area contributed by atoms with E-state index in [9.17, 15) is 0 Å². The lowest BCUT2D eigenvalue weighted by molar-refractivity contribution is 0.318. The molecule has 0 radical (unpaired) electrons. The van der Waals surface area contributed by atoms with E-state index in [0.717, 1.165) is 13.2 Å². The molecule has 0 saturated carbocycles. The molecule has 3 heteroatoms. The Morgan fingerprint density at radius 1 is 1.23 bits per heavy atom. The van der Waals surface area contributed by atoms with Crippen molar-refractivity contribution >= 4 is 8.32 Å². The molecule has 0 aliphatic rings. The second kappa shape index (κ2) is 6.57. The van der Waals surface area contributed by atoms with Crippen LogP contribution in [0.1, 0.15) is 20.3 Å². The Balaban J connectivity index is 3.50. The summed E-state index contributed by atoms with van der Waals surface area (Å²) in [5.41, 5.74) is 0. The Morgan fingerprint density at radius 3 is 2.31 bits per heavy atom. The van der Waals surface area contributed by atoms with Gasteiger partial charge in [0.2, 0.25) is 0 Å². The summed E-state index contributed by atoms with van der Waals surface area (Å²) in [7, 11) is 0.866. The summed E-state index contributed by atoms with van der Waals surface area (Å²) in [6.45, 7) is 12.1. The maximum atomic E-state index is 5.77. The van der Waals surface area contributed by atoms with Gasteiger partial charge in [0.05, 0.1) is 0 Å². The fourth-order valence-electron chi connectivity index (χ4n) is 1.40. The first-order valence-electron chi connectivity index (χ1n) is 5.34. The highest BCUT2D eigenvalue weighted by Gasteiger charge is 2.20. The second-order valence-electron chi connectivity index (χ2n) is 4.19. The van der Waals surface area contributed by atoms with Gasteiger partial charge in [0, 0.05) is 6.61 Å². The van der Waals surface area contributed by atoms with Crippen LogP contribution in [0.15, 0.2) is 0 Å². The fraction of sp³-hybridized carbons (Fsp3) is 1.00. The summed E-state index contributed by atoms with van der Waals surface area (Å²) >= 11 is 0. The third-order valence-electron chi connectivity index (χ3n) is 2.39. The first-order chi connectivity index (χ1) is 6.02. The van der Waals surface area contributed by atoms with Crippen molar-refractivity contribution in [1.82, 2.24) is 4.90 Å². The topological polar surface area (TPSA) is 12.5 Å². The van der Waals surface area contributed by atoms with Crippen molar-refractivity contribution in [3.8, 4) is 0 Å². The SMILES string of the molecule is CCO[Si](C)(C)CCCN(C)CC. The molecule has 0 atom stereocenters. The van der Waals surface area contributed by atoms with Gasteiger partial charge in [-0.05, 0) is 52.6 Å². The number of nitrogens with zero attached hydrogens (tertiary/aromatic N) is 1. The Kier molecular flexibility index (Phi) is 6.64. The zero-order valence-corrected chi connectivity index (χ0v) is 10.9. The van der Waals surface area contributed by atoms with E-state index in [-0.39, 0.29) is 0 Å². The minimum Gasteiger partial charge on any atom is -0.418 e. The average Bonchev–Trinajstić information content (AvgIpc) is 2.03. The smallest absolute Gasteiger partial charge is 0.186 e. The number of hydrogen-bond donors (Lipinski definition) is 0. The molecule has 0 bridgehead atoms. The molecule has 80 valence electrons. The van der Waals surface area contributed by atoms with Crippen molar-refractivity contribution in [2.24, 2.45) is 0 Å². The van der Waals surface area contributed by atoms with Gasteiger partial charge in [-0.2, -0.15) is 0 Å². The van der Waals surface area contributed by atoms with E-state index in [2.05, 4.69) is 38.9 Å². The van der Waals surface area contributed by atoms with Crippen LogP contribution < -0.4 is 0 Å². The minimum absolute atomic E-state index is 0.878. The molecule has 0 aliphatic carbocycles. The molecule has 0 fully saturated rings. The molecule has 0 N–H and O–H groups in total. The van der Waals surface area contributed by atoms with Gasteiger partial charge in [-0.25, -0.2) is 0 Å². The van der Waals surface area contributed by atoms with Gasteiger partial charge in [-0.15, -0.1) is 0 Å². The monoisotopic (exact) mass is 203 g/mol. The molecule has 0 rings (SSSR count). The van der Waals surface area contributed by atoms with E-state index in [1.54, 1.807) is 0 Å². The molecule has 0 aliphatic heterocycles. The third kappa shape index (κ3) is 7.23. The molecule has 0 spiro atoms. The van der Waals surface area contributed by atoms with Crippen LogP contribution >= 0.6 is 0 Å². The predicted octanol–water partition coefficient (Wildman–Crippen LogP) is 2.57. The van der Waals surface area contributed by atoms with Gasteiger partial charge >= 0.3 is 0 Å². The van der Waals surface area contributed by atoms with Crippen molar-refractivity contribution in [3.63, 3.8) is 0 Å². The highest BCUT2D eigenvalue weighted by atomic mass is 28.4. The highest BCUT2D eigenvalue weighted by molar-refractivity contribution is 6.71. The van der Waals surface area contributed by atoms with Crippen LogP contribution in [0.4, 0.5) is 0 Å². The standard InChI is InChI=1S/C10H25NOSi/c1-6-11(3)9-8-10-13(4,5)12-7-2/h6-10H2,1-5H3. The normalized spacial score (nSPS) is 12.5. The van der Waals surface area contributed by atoms with Crippen LogP contribution in [0.5, 0.6) is 0 Å². The van der Waals surface area contributed by atoms with E-state index in [0.29, 0.717) is 0 Å². The molecular formula is C10H25NOSi. The first-order valence-corrected chi connectivity index (χ1v) is 8.46. The molecular weight excluding hydrogens is 178 g/mol. The van der Waals surface area contributed by atoms with Gasteiger partial charge in [0.25, 0.3) is 0 Å². The molecule has 0 aromatic carbocycles. The lowest BCUT2D eigenvalue weighted by atomic mass is 10.4. The van der Waals surface area contributed by atoms with Gasteiger partial charge in [-0.3, -0.25) is 0 Å². The lowest BCUT2D eigenvalue weighted by Crippen LogP contribution is -2.31. The zero-order chi connectivity index (χ0) is 10.3. The quantitative estimate of drug-likeness (QED) is 0.590. The summed E-state index contributed by atoms with van der Waals surface area (Å²) < 4.78 is 5.77. The van der Waals surface area contributed by atoms with E-state index < -0.39 is 8.32 Å².